The number of benzene rings is 1. The number of amides is 1. The van der Waals surface area contributed by atoms with E-state index >= 15 is 0 Å². The molecule has 3 aromatic rings. The van der Waals surface area contributed by atoms with Gasteiger partial charge in [-0.2, -0.15) is 0 Å². The first-order valence-electron chi connectivity index (χ1n) is 9.47. The zero-order valence-corrected chi connectivity index (χ0v) is 14.8. The lowest BCUT2D eigenvalue weighted by molar-refractivity contribution is 0.0620. The number of aromatic nitrogens is 1. The molecule has 3 saturated heterocycles. The van der Waals surface area contributed by atoms with Gasteiger partial charge in [-0.1, -0.05) is 30.3 Å². The van der Waals surface area contributed by atoms with Crippen LogP contribution >= 0.6 is 0 Å². The van der Waals surface area contributed by atoms with Gasteiger partial charge in [0.05, 0.1) is 5.56 Å². The maximum atomic E-state index is 12.8. The van der Waals surface area contributed by atoms with Crippen LogP contribution < -0.4 is 5.32 Å². The summed E-state index contributed by atoms with van der Waals surface area (Å²) in [6.07, 6.45) is 6.38. The minimum absolute atomic E-state index is 0.0497. The molecular weight excluding hydrogens is 322 g/mol. The normalized spacial score (nSPS) is 24.7. The lowest BCUT2D eigenvalue weighted by Gasteiger charge is -2.44. The van der Waals surface area contributed by atoms with Crippen LogP contribution in [0.15, 0.2) is 60.9 Å². The molecule has 1 aromatic carbocycles. The number of nitrogens with zero attached hydrogens (tertiary/aromatic N) is 2. The molecule has 3 aliphatic heterocycles. The maximum absolute atomic E-state index is 12.8. The molecule has 6 rings (SSSR count). The largest absolute Gasteiger partial charge is 0.348 e. The van der Waals surface area contributed by atoms with Crippen LogP contribution in [0.1, 0.15) is 23.2 Å². The van der Waals surface area contributed by atoms with Gasteiger partial charge < -0.3 is 14.6 Å². The number of hydrogen-bond acceptors (Lipinski definition) is 2. The number of carbonyl (C=O) groups is 1. The third kappa shape index (κ3) is 2.80. The van der Waals surface area contributed by atoms with E-state index in [1.165, 1.54) is 37.1 Å². The molecule has 4 heteroatoms. The summed E-state index contributed by atoms with van der Waals surface area (Å²) in [6.45, 7) is 3.38. The van der Waals surface area contributed by atoms with E-state index in [1.54, 1.807) is 0 Å². The van der Waals surface area contributed by atoms with E-state index in [0.717, 1.165) is 17.6 Å². The van der Waals surface area contributed by atoms with Gasteiger partial charge in [0.25, 0.3) is 5.91 Å². The van der Waals surface area contributed by atoms with Crippen molar-refractivity contribution in [1.29, 1.82) is 0 Å². The summed E-state index contributed by atoms with van der Waals surface area (Å²) in [5, 5.41) is 3.28. The molecule has 0 spiro atoms. The molecule has 0 radical (unpaired) electrons. The van der Waals surface area contributed by atoms with Gasteiger partial charge in [-0.25, -0.2) is 0 Å². The van der Waals surface area contributed by atoms with Gasteiger partial charge in [-0.05, 0) is 61.2 Å². The van der Waals surface area contributed by atoms with Gasteiger partial charge >= 0.3 is 0 Å². The van der Waals surface area contributed by atoms with Crippen molar-refractivity contribution < 1.29 is 4.79 Å². The Bertz CT molecular complexity index is 938. The SMILES string of the molecule is O=C(N[C@H]1CN2CCC1CC2)c1cc2cc(-c3ccccc3)ccn2c1. The van der Waals surface area contributed by atoms with Crippen molar-refractivity contribution in [2.75, 3.05) is 19.6 Å². The van der Waals surface area contributed by atoms with Gasteiger partial charge in [-0.15, -0.1) is 0 Å². The Morgan fingerprint density at radius 3 is 2.54 bits per heavy atom. The molecule has 132 valence electrons. The summed E-state index contributed by atoms with van der Waals surface area (Å²) in [4.78, 5) is 15.2. The van der Waals surface area contributed by atoms with Crippen molar-refractivity contribution in [2.45, 2.75) is 18.9 Å². The van der Waals surface area contributed by atoms with Gasteiger partial charge in [0.15, 0.2) is 0 Å². The van der Waals surface area contributed by atoms with Crippen molar-refractivity contribution in [3.8, 4) is 11.1 Å². The minimum atomic E-state index is 0.0497. The Balaban J connectivity index is 1.38. The molecular formula is C22H23N3O. The van der Waals surface area contributed by atoms with E-state index in [4.69, 9.17) is 0 Å². The van der Waals surface area contributed by atoms with E-state index < -0.39 is 0 Å². The molecule has 0 aliphatic carbocycles. The fourth-order valence-electron chi connectivity index (χ4n) is 4.42. The monoisotopic (exact) mass is 345 g/mol. The predicted molar refractivity (Wildman–Crippen MR) is 103 cm³/mol. The minimum Gasteiger partial charge on any atom is -0.348 e. The smallest absolute Gasteiger partial charge is 0.253 e. The van der Waals surface area contributed by atoms with Crippen molar-refractivity contribution in [3.63, 3.8) is 0 Å². The second kappa shape index (κ2) is 6.29. The lowest BCUT2D eigenvalue weighted by Crippen LogP contribution is -2.57. The number of pyridine rings is 1. The van der Waals surface area contributed by atoms with Gasteiger partial charge in [0.1, 0.15) is 0 Å². The number of rotatable bonds is 3. The first-order valence-corrected chi connectivity index (χ1v) is 9.47. The lowest BCUT2D eigenvalue weighted by atomic mass is 9.84. The third-order valence-corrected chi connectivity index (χ3v) is 5.94. The number of carbonyl (C=O) groups excluding carboxylic acids is 1. The highest BCUT2D eigenvalue weighted by Crippen LogP contribution is 2.28. The zero-order chi connectivity index (χ0) is 17.5. The number of hydrogen-bond donors (Lipinski definition) is 1. The Morgan fingerprint density at radius 2 is 1.81 bits per heavy atom. The molecule has 3 fully saturated rings. The molecule has 1 atom stereocenters. The Kier molecular flexibility index (Phi) is 3.79. The van der Waals surface area contributed by atoms with Gasteiger partial charge in [0, 0.05) is 30.5 Å². The zero-order valence-electron chi connectivity index (χ0n) is 14.8. The van der Waals surface area contributed by atoms with E-state index in [2.05, 4.69) is 34.5 Å². The van der Waals surface area contributed by atoms with Gasteiger partial charge in [0.2, 0.25) is 0 Å². The molecule has 2 aromatic heterocycles. The quantitative estimate of drug-likeness (QED) is 0.790. The van der Waals surface area contributed by atoms with Crippen molar-refractivity contribution in [3.05, 3.63) is 66.5 Å². The average molecular weight is 345 g/mol. The Labute approximate surface area is 153 Å². The fourth-order valence-corrected chi connectivity index (χ4v) is 4.42. The van der Waals surface area contributed by atoms with Crippen LogP contribution in [0, 0.1) is 5.92 Å². The van der Waals surface area contributed by atoms with Crippen LogP contribution in [0.5, 0.6) is 0 Å². The van der Waals surface area contributed by atoms with E-state index in [0.29, 0.717) is 12.0 Å². The first-order chi connectivity index (χ1) is 12.8. The second-order valence-corrected chi connectivity index (χ2v) is 7.56. The topological polar surface area (TPSA) is 36.8 Å². The van der Waals surface area contributed by atoms with Crippen LogP contribution in [0.25, 0.3) is 16.6 Å². The molecule has 0 unspecified atom stereocenters. The summed E-state index contributed by atoms with van der Waals surface area (Å²) >= 11 is 0. The predicted octanol–water partition coefficient (Wildman–Crippen LogP) is 3.43. The van der Waals surface area contributed by atoms with Gasteiger partial charge in [-0.3, -0.25) is 4.79 Å². The van der Waals surface area contributed by atoms with Crippen molar-refractivity contribution in [2.24, 2.45) is 5.92 Å². The van der Waals surface area contributed by atoms with Crippen LogP contribution in [0.3, 0.4) is 0 Å². The second-order valence-electron chi connectivity index (χ2n) is 7.56. The summed E-state index contributed by atoms with van der Waals surface area (Å²) in [5.74, 6) is 0.694. The average Bonchev–Trinajstić information content (AvgIpc) is 3.13. The van der Waals surface area contributed by atoms with Crippen molar-refractivity contribution in [1.82, 2.24) is 14.6 Å². The highest BCUT2D eigenvalue weighted by Gasteiger charge is 2.35. The maximum Gasteiger partial charge on any atom is 0.253 e. The highest BCUT2D eigenvalue weighted by atomic mass is 16.1. The molecule has 3 aliphatic rings. The summed E-state index contributed by atoms with van der Waals surface area (Å²) in [7, 11) is 0. The number of piperidine rings is 3. The molecule has 2 bridgehead atoms. The summed E-state index contributed by atoms with van der Waals surface area (Å²) in [5.41, 5.74) is 4.15. The molecule has 1 N–H and O–H groups in total. The summed E-state index contributed by atoms with van der Waals surface area (Å²) < 4.78 is 2.03. The van der Waals surface area contributed by atoms with E-state index in [-0.39, 0.29) is 5.91 Å². The molecule has 1 amide bonds. The number of fused-ring (bicyclic) bond motifs is 4. The molecule has 5 heterocycles. The molecule has 26 heavy (non-hydrogen) atoms. The Morgan fingerprint density at radius 1 is 1.00 bits per heavy atom. The van der Waals surface area contributed by atoms with Crippen LogP contribution in [-0.4, -0.2) is 40.9 Å². The molecule has 0 saturated carbocycles. The number of nitrogens with one attached hydrogen (secondary N) is 1. The van der Waals surface area contributed by atoms with Crippen LogP contribution in [0.4, 0.5) is 0 Å². The molecule has 4 nitrogen and oxygen atoms in total. The van der Waals surface area contributed by atoms with Crippen LogP contribution in [0.2, 0.25) is 0 Å². The van der Waals surface area contributed by atoms with E-state index in [1.807, 2.05) is 41.1 Å². The third-order valence-electron chi connectivity index (χ3n) is 5.94. The van der Waals surface area contributed by atoms with Crippen molar-refractivity contribution >= 4 is 11.4 Å². The summed E-state index contributed by atoms with van der Waals surface area (Å²) in [6, 6.07) is 16.9. The fraction of sp³-hybridized carbons (Fsp3) is 0.318. The Hall–Kier alpha value is -2.59. The standard InChI is InChI=1S/C22H23N3O/c26-22(23-21-15-24-9-6-17(21)7-10-24)19-13-20-12-18(8-11-25(20)14-19)16-4-2-1-3-5-16/h1-5,8,11-14,17,21H,6-7,9-10,15H2,(H,23,26)/t21-/m0/s1. The first kappa shape index (κ1) is 15.6. The van der Waals surface area contributed by atoms with E-state index in [9.17, 15) is 4.79 Å². The highest BCUT2D eigenvalue weighted by molar-refractivity contribution is 5.96. The van der Waals surface area contributed by atoms with Crippen LogP contribution in [-0.2, 0) is 0 Å².